The Kier molecular flexibility index (Phi) is 4.52. The van der Waals surface area contributed by atoms with Crippen molar-refractivity contribution in [3.8, 4) is 0 Å². The summed E-state index contributed by atoms with van der Waals surface area (Å²) in [6, 6.07) is 11.6. The van der Waals surface area contributed by atoms with Gasteiger partial charge in [-0.15, -0.1) is 0 Å². The summed E-state index contributed by atoms with van der Waals surface area (Å²) >= 11 is 0. The second-order valence-electron chi connectivity index (χ2n) is 4.75. The van der Waals surface area contributed by atoms with E-state index in [-0.39, 0.29) is 5.56 Å². The van der Waals surface area contributed by atoms with E-state index in [1.54, 1.807) is 12.1 Å². The molecule has 0 aromatic heterocycles. The number of hydrogen-bond donors (Lipinski definition) is 2. The molecule has 0 spiro atoms. The van der Waals surface area contributed by atoms with Crippen LogP contribution in [0.5, 0.6) is 0 Å². The van der Waals surface area contributed by atoms with Crippen molar-refractivity contribution in [1.82, 2.24) is 0 Å². The van der Waals surface area contributed by atoms with Gasteiger partial charge in [-0.2, -0.15) is 0 Å². The highest BCUT2D eigenvalue weighted by molar-refractivity contribution is 5.79. The summed E-state index contributed by atoms with van der Waals surface area (Å²) in [6.07, 6.45) is -2.63. The Morgan fingerprint density at radius 1 is 1.10 bits per heavy atom. The molecule has 0 aliphatic carbocycles. The maximum Gasteiger partial charge on any atom is 0.330 e. The van der Waals surface area contributed by atoms with Crippen LogP contribution in [0.2, 0.25) is 0 Å². The van der Waals surface area contributed by atoms with E-state index in [0.29, 0.717) is 11.3 Å². The number of nitrogens with one attached hydrogen (secondary N) is 1. The summed E-state index contributed by atoms with van der Waals surface area (Å²) in [5.74, 6) is -1.12. The molecular formula is C16H15F2NO2. The van der Waals surface area contributed by atoms with Crippen molar-refractivity contribution in [2.24, 2.45) is 0 Å². The van der Waals surface area contributed by atoms with Crippen LogP contribution < -0.4 is 5.32 Å². The second kappa shape index (κ2) is 6.35. The number of benzene rings is 2. The summed E-state index contributed by atoms with van der Waals surface area (Å²) in [7, 11) is 0. The van der Waals surface area contributed by atoms with Crippen molar-refractivity contribution in [2.75, 3.05) is 5.32 Å². The molecule has 2 N–H and O–H groups in total. The number of halogens is 2. The summed E-state index contributed by atoms with van der Waals surface area (Å²) < 4.78 is 25.4. The molecule has 2 aromatic rings. The highest BCUT2D eigenvalue weighted by Crippen LogP contribution is 2.25. The maximum atomic E-state index is 12.7. The number of carboxylic acid groups (broad SMARTS) is 1. The first-order chi connectivity index (χ1) is 9.97. The number of carboxylic acids is 1. The number of hydrogen-bond acceptors (Lipinski definition) is 2. The van der Waals surface area contributed by atoms with E-state index in [1.807, 2.05) is 19.1 Å². The van der Waals surface area contributed by atoms with E-state index in [2.05, 4.69) is 5.32 Å². The average molecular weight is 291 g/mol. The van der Waals surface area contributed by atoms with Gasteiger partial charge in [-0.25, -0.2) is 13.6 Å². The molecule has 0 saturated heterocycles. The molecule has 2 aromatic carbocycles. The summed E-state index contributed by atoms with van der Waals surface area (Å²) in [4.78, 5) is 11.4. The van der Waals surface area contributed by atoms with Crippen LogP contribution in [0.25, 0.3) is 0 Å². The van der Waals surface area contributed by atoms with Crippen molar-refractivity contribution in [1.29, 1.82) is 0 Å². The van der Waals surface area contributed by atoms with Crippen LogP contribution in [-0.4, -0.2) is 11.1 Å². The van der Waals surface area contributed by atoms with E-state index in [0.717, 1.165) is 5.56 Å². The van der Waals surface area contributed by atoms with Gasteiger partial charge >= 0.3 is 5.97 Å². The number of aliphatic carboxylic acids is 1. The molecule has 2 rings (SSSR count). The van der Waals surface area contributed by atoms with Crippen LogP contribution >= 0.6 is 0 Å². The number of rotatable bonds is 5. The molecule has 21 heavy (non-hydrogen) atoms. The van der Waals surface area contributed by atoms with Crippen LogP contribution in [0.15, 0.2) is 48.5 Å². The Balaban J connectivity index is 2.28. The normalized spacial score (nSPS) is 12.2. The molecule has 0 amide bonds. The number of aryl methyl sites for hydroxylation is 1. The first kappa shape index (κ1) is 15.0. The minimum Gasteiger partial charge on any atom is -0.479 e. The Labute approximate surface area is 121 Å². The fraction of sp³-hybridized carbons (Fsp3) is 0.188. The van der Waals surface area contributed by atoms with E-state index in [4.69, 9.17) is 0 Å². The third-order valence-electron chi connectivity index (χ3n) is 3.11. The molecule has 1 atom stereocenters. The van der Waals surface area contributed by atoms with E-state index in [1.165, 1.54) is 24.3 Å². The monoisotopic (exact) mass is 291 g/mol. The van der Waals surface area contributed by atoms with Crippen molar-refractivity contribution in [3.63, 3.8) is 0 Å². The van der Waals surface area contributed by atoms with Gasteiger partial charge in [0, 0.05) is 11.3 Å². The predicted octanol–water partition coefficient (Wildman–Crippen LogP) is 4.17. The van der Waals surface area contributed by atoms with Crippen LogP contribution in [0.4, 0.5) is 14.5 Å². The quantitative estimate of drug-likeness (QED) is 0.869. The van der Waals surface area contributed by atoms with Gasteiger partial charge in [0.1, 0.15) is 0 Å². The molecule has 0 radical (unpaired) electrons. The zero-order chi connectivity index (χ0) is 15.4. The number of alkyl halides is 2. The number of anilines is 1. The smallest absolute Gasteiger partial charge is 0.330 e. The van der Waals surface area contributed by atoms with Crippen LogP contribution in [0.1, 0.15) is 29.2 Å². The van der Waals surface area contributed by atoms with Crippen molar-refractivity contribution < 1.29 is 18.7 Å². The van der Waals surface area contributed by atoms with Crippen molar-refractivity contribution in [3.05, 3.63) is 65.2 Å². The predicted molar refractivity (Wildman–Crippen MR) is 76.6 cm³/mol. The molecule has 0 bridgehead atoms. The molecule has 110 valence electrons. The van der Waals surface area contributed by atoms with E-state index < -0.39 is 18.4 Å². The minimum absolute atomic E-state index is 0.190. The molecule has 5 heteroatoms. The van der Waals surface area contributed by atoms with Gasteiger partial charge < -0.3 is 10.4 Å². The number of carbonyl (C=O) groups is 1. The average Bonchev–Trinajstić information content (AvgIpc) is 2.46. The fourth-order valence-corrected chi connectivity index (χ4v) is 1.98. The zero-order valence-corrected chi connectivity index (χ0v) is 11.4. The SMILES string of the molecule is Cc1ccc(NC(C(=O)O)c2cccc(C(F)F)c2)cc1. The molecule has 3 nitrogen and oxygen atoms in total. The Hall–Kier alpha value is -2.43. The Morgan fingerprint density at radius 2 is 1.71 bits per heavy atom. The molecule has 0 heterocycles. The third-order valence-corrected chi connectivity index (χ3v) is 3.11. The summed E-state index contributed by atoms with van der Waals surface area (Å²) in [6.45, 7) is 1.92. The minimum atomic E-state index is -2.63. The second-order valence-corrected chi connectivity index (χ2v) is 4.75. The summed E-state index contributed by atoms with van der Waals surface area (Å²) in [5.41, 5.74) is 1.77. The van der Waals surface area contributed by atoms with Gasteiger partial charge in [0.05, 0.1) is 0 Å². The topological polar surface area (TPSA) is 49.3 Å². The van der Waals surface area contributed by atoms with E-state index in [9.17, 15) is 18.7 Å². The van der Waals surface area contributed by atoms with Gasteiger partial charge in [-0.3, -0.25) is 0 Å². The van der Waals surface area contributed by atoms with Crippen LogP contribution in [0.3, 0.4) is 0 Å². The largest absolute Gasteiger partial charge is 0.479 e. The van der Waals surface area contributed by atoms with E-state index >= 15 is 0 Å². The van der Waals surface area contributed by atoms with Gasteiger partial charge in [-0.05, 0) is 30.7 Å². The lowest BCUT2D eigenvalue weighted by molar-refractivity contribution is -0.138. The lowest BCUT2D eigenvalue weighted by atomic mass is 10.0. The summed E-state index contributed by atoms with van der Waals surface area (Å²) in [5, 5.41) is 12.2. The molecule has 1 unspecified atom stereocenters. The van der Waals surface area contributed by atoms with Crippen molar-refractivity contribution >= 4 is 11.7 Å². The maximum absolute atomic E-state index is 12.7. The Bertz CT molecular complexity index is 626. The van der Waals surface area contributed by atoms with Gasteiger partial charge in [-0.1, -0.05) is 35.9 Å². The molecule has 0 aliphatic heterocycles. The lowest BCUT2D eigenvalue weighted by Gasteiger charge is -2.17. The lowest BCUT2D eigenvalue weighted by Crippen LogP contribution is -2.20. The van der Waals surface area contributed by atoms with Gasteiger partial charge in [0.2, 0.25) is 0 Å². The molecule has 0 aliphatic rings. The van der Waals surface area contributed by atoms with Crippen LogP contribution in [0, 0.1) is 6.92 Å². The molecule has 0 fully saturated rings. The highest BCUT2D eigenvalue weighted by atomic mass is 19.3. The zero-order valence-electron chi connectivity index (χ0n) is 11.4. The first-order valence-corrected chi connectivity index (χ1v) is 6.41. The molecular weight excluding hydrogens is 276 g/mol. The fourth-order valence-electron chi connectivity index (χ4n) is 1.98. The standard InChI is InChI=1S/C16H15F2NO2/c1-10-5-7-13(8-6-10)19-14(16(20)21)11-3-2-4-12(9-11)15(17)18/h2-9,14-15,19H,1H3,(H,20,21). The van der Waals surface area contributed by atoms with Crippen LogP contribution in [-0.2, 0) is 4.79 Å². The highest BCUT2D eigenvalue weighted by Gasteiger charge is 2.21. The molecule has 0 saturated carbocycles. The van der Waals surface area contributed by atoms with Crippen molar-refractivity contribution in [2.45, 2.75) is 19.4 Å². The van der Waals surface area contributed by atoms with Gasteiger partial charge in [0.25, 0.3) is 6.43 Å². The Morgan fingerprint density at radius 3 is 2.29 bits per heavy atom. The third kappa shape index (κ3) is 3.78. The van der Waals surface area contributed by atoms with Gasteiger partial charge in [0.15, 0.2) is 6.04 Å². The first-order valence-electron chi connectivity index (χ1n) is 6.41.